The minimum atomic E-state index is -0.327. The monoisotopic (exact) mass is 392 g/mol. The molecule has 1 unspecified atom stereocenters. The first kappa shape index (κ1) is 17.1. The zero-order chi connectivity index (χ0) is 17.1. The van der Waals surface area contributed by atoms with Crippen molar-refractivity contribution in [3.8, 4) is 11.4 Å². The molecule has 3 rings (SSSR count). The van der Waals surface area contributed by atoms with Crippen LogP contribution < -0.4 is 11.1 Å². The van der Waals surface area contributed by atoms with Gasteiger partial charge in [-0.25, -0.2) is 0 Å². The third-order valence-electron chi connectivity index (χ3n) is 4.46. The normalized spacial score (nSPS) is 21.6. The molecule has 0 bridgehead atoms. The molecule has 1 aromatic heterocycles. The summed E-state index contributed by atoms with van der Waals surface area (Å²) in [4.78, 5) is 16.6. The van der Waals surface area contributed by atoms with Crippen molar-refractivity contribution in [2.75, 3.05) is 0 Å². The first-order chi connectivity index (χ1) is 11.5. The van der Waals surface area contributed by atoms with Crippen LogP contribution in [0.1, 0.15) is 44.5 Å². The fourth-order valence-electron chi connectivity index (χ4n) is 3.05. The average Bonchev–Trinajstić information content (AvgIpc) is 3.18. The molecule has 2 aromatic rings. The van der Waals surface area contributed by atoms with Gasteiger partial charge in [-0.15, -0.1) is 0 Å². The molecule has 7 heteroatoms. The molecule has 3 atom stereocenters. The van der Waals surface area contributed by atoms with Crippen molar-refractivity contribution in [3.63, 3.8) is 0 Å². The largest absolute Gasteiger partial charge is 0.345 e. The van der Waals surface area contributed by atoms with Gasteiger partial charge in [-0.3, -0.25) is 4.79 Å². The van der Waals surface area contributed by atoms with E-state index < -0.39 is 0 Å². The van der Waals surface area contributed by atoms with Crippen LogP contribution in [-0.2, 0) is 4.79 Å². The Hall–Kier alpha value is -1.73. The lowest BCUT2D eigenvalue weighted by atomic mass is 10.00. The smallest absolute Gasteiger partial charge is 0.249 e. The molecule has 24 heavy (non-hydrogen) atoms. The van der Waals surface area contributed by atoms with Crippen molar-refractivity contribution in [1.82, 2.24) is 15.5 Å². The van der Waals surface area contributed by atoms with E-state index in [2.05, 4.69) is 31.4 Å². The van der Waals surface area contributed by atoms with E-state index in [0.717, 1.165) is 29.3 Å². The second-order valence-corrected chi connectivity index (χ2v) is 7.23. The van der Waals surface area contributed by atoms with Gasteiger partial charge in [0.25, 0.3) is 0 Å². The molecule has 3 N–H and O–H groups in total. The molecule has 1 amide bonds. The topological polar surface area (TPSA) is 94.0 Å². The maximum absolute atomic E-state index is 12.2. The van der Waals surface area contributed by atoms with Crippen LogP contribution in [0.3, 0.4) is 0 Å². The fraction of sp³-hybridized carbons (Fsp3) is 0.471. The zero-order valence-corrected chi connectivity index (χ0v) is 15.1. The van der Waals surface area contributed by atoms with E-state index in [1.54, 1.807) is 0 Å². The second kappa shape index (κ2) is 7.44. The lowest BCUT2D eigenvalue weighted by Crippen LogP contribution is -2.33. The summed E-state index contributed by atoms with van der Waals surface area (Å²) in [5.74, 6) is 1.17. The van der Waals surface area contributed by atoms with Crippen LogP contribution in [0, 0.1) is 5.92 Å². The maximum atomic E-state index is 12.2. The number of amides is 1. The van der Waals surface area contributed by atoms with Crippen LogP contribution in [0.15, 0.2) is 33.3 Å². The van der Waals surface area contributed by atoms with Crippen molar-refractivity contribution in [2.45, 2.75) is 44.7 Å². The van der Waals surface area contributed by atoms with Crippen molar-refractivity contribution in [3.05, 3.63) is 34.6 Å². The van der Waals surface area contributed by atoms with Gasteiger partial charge in [0.2, 0.25) is 17.6 Å². The van der Waals surface area contributed by atoms with Crippen LogP contribution >= 0.6 is 15.9 Å². The molecule has 1 heterocycles. The summed E-state index contributed by atoms with van der Waals surface area (Å²) in [5, 5.41) is 6.91. The highest BCUT2D eigenvalue weighted by atomic mass is 79.9. The summed E-state index contributed by atoms with van der Waals surface area (Å²) in [6, 6.07) is 7.46. The number of halogens is 1. The average molecular weight is 393 g/mol. The van der Waals surface area contributed by atoms with Crippen molar-refractivity contribution < 1.29 is 9.32 Å². The number of hydrogen-bond acceptors (Lipinski definition) is 5. The molecule has 128 valence electrons. The minimum Gasteiger partial charge on any atom is -0.345 e. The number of nitrogens with two attached hydrogens (primary N) is 1. The van der Waals surface area contributed by atoms with Gasteiger partial charge >= 0.3 is 0 Å². The zero-order valence-electron chi connectivity index (χ0n) is 13.5. The Morgan fingerprint density at radius 1 is 1.42 bits per heavy atom. The number of nitrogens with zero attached hydrogens (tertiary/aromatic N) is 2. The Bertz CT molecular complexity index is 701. The van der Waals surface area contributed by atoms with Crippen LogP contribution in [0.2, 0.25) is 0 Å². The molecule has 1 fully saturated rings. The van der Waals surface area contributed by atoms with Gasteiger partial charge in [0, 0.05) is 22.5 Å². The predicted octanol–water partition coefficient (Wildman–Crippen LogP) is 3.19. The van der Waals surface area contributed by atoms with Gasteiger partial charge in [-0.1, -0.05) is 27.5 Å². The van der Waals surface area contributed by atoms with E-state index in [9.17, 15) is 4.79 Å². The molecule has 1 saturated carbocycles. The molecular weight excluding hydrogens is 372 g/mol. The summed E-state index contributed by atoms with van der Waals surface area (Å²) in [6.45, 7) is 1.84. The number of carbonyl (C=O) groups is 1. The third-order valence-corrected chi connectivity index (χ3v) is 4.99. The van der Waals surface area contributed by atoms with E-state index in [4.69, 9.17) is 10.3 Å². The van der Waals surface area contributed by atoms with Gasteiger partial charge in [-0.2, -0.15) is 4.98 Å². The fourth-order valence-corrected chi connectivity index (χ4v) is 3.31. The van der Waals surface area contributed by atoms with E-state index in [1.807, 2.05) is 31.2 Å². The van der Waals surface area contributed by atoms with Gasteiger partial charge in [0.15, 0.2) is 0 Å². The molecule has 6 nitrogen and oxygen atoms in total. The minimum absolute atomic E-state index is 0.0201. The number of rotatable bonds is 5. The van der Waals surface area contributed by atoms with E-state index in [0.29, 0.717) is 18.1 Å². The van der Waals surface area contributed by atoms with Crippen molar-refractivity contribution in [2.24, 2.45) is 11.7 Å². The van der Waals surface area contributed by atoms with E-state index in [-0.39, 0.29) is 23.9 Å². The molecule has 0 spiro atoms. The van der Waals surface area contributed by atoms with Gasteiger partial charge in [-0.05, 0) is 49.9 Å². The quantitative estimate of drug-likeness (QED) is 0.814. The highest BCUT2D eigenvalue weighted by Gasteiger charge is 2.27. The molecule has 0 radical (unpaired) electrons. The molecule has 0 saturated heterocycles. The number of nitrogens with one attached hydrogen (secondary N) is 1. The lowest BCUT2D eigenvalue weighted by molar-refractivity contribution is -0.122. The lowest BCUT2D eigenvalue weighted by Gasteiger charge is -2.16. The van der Waals surface area contributed by atoms with Crippen molar-refractivity contribution in [1.29, 1.82) is 0 Å². The van der Waals surface area contributed by atoms with Crippen molar-refractivity contribution >= 4 is 21.8 Å². The summed E-state index contributed by atoms with van der Waals surface area (Å²) in [7, 11) is 0. The standard InChI is InChI=1S/C17H21BrN4O2/c1-10(20-15(23)9-12-3-2-4-14(12)19)17-21-16(22-24-17)11-5-7-13(18)8-6-11/h5-8,10,12,14H,2-4,9,19H2,1H3,(H,20,23)/t10?,12-,14+/m0/s1. The molecular formula is C17H21BrN4O2. The summed E-state index contributed by atoms with van der Waals surface area (Å²) >= 11 is 3.39. The van der Waals surface area contributed by atoms with E-state index in [1.165, 1.54) is 0 Å². The Morgan fingerprint density at radius 2 is 2.17 bits per heavy atom. The Morgan fingerprint density at radius 3 is 2.83 bits per heavy atom. The van der Waals surface area contributed by atoms with Crippen LogP contribution in [0.4, 0.5) is 0 Å². The van der Waals surface area contributed by atoms with Gasteiger partial charge in [0.05, 0.1) is 0 Å². The third kappa shape index (κ3) is 4.02. The van der Waals surface area contributed by atoms with Crippen LogP contribution in [0.5, 0.6) is 0 Å². The van der Waals surface area contributed by atoms with Crippen LogP contribution in [-0.4, -0.2) is 22.1 Å². The van der Waals surface area contributed by atoms with Gasteiger partial charge < -0.3 is 15.6 Å². The molecule has 1 aliphatic carbocycles. The summed E-state index contributed by atoms with van der Waals surface area (Å²) < 4.78 is 6.28. The molecule has 0 aliphatic heterocycles. The predicted molar refractivity (Wildman–Crippen MR) is 93.9 cm³/mol. The second-order valence-electron chi connectivity index (χ2n) is 6.31. The molecule has 1 aliphatic rings. The highest BCUT2D eigenvalue weighted by molar-refractivity contribution is 9.10. The first-order valence-corrected chi connectivity index (χ1v) is 8.96. The number of aromatic nitrogens is 2. The number of carbonyl (C=O) groups excluding carboxylic acids is 1. The van der Waals surface area contributed by atoms with Crippen LogP contribution in [0.25, 0.3) is 11.4 Å². The first-order valence-electron chi connectivity index (χ1n) is 8.17. The number of benzene rings is 1. The van der Waals surface area contributed by atoms with E-state index >= 15 is 0 Å². The summed E-state index contributed by atoms with van der Waals surface area (Å²) in [5.41, 5.74) is 6.89. The summed E-state index contributed by atoms with van der Waals surface area (Å²) in [6.07, 6.45) is 3.60. The van der Waals surface area contributed by atoms with Gasteiger partial charge in [0.1, 0.15) is 6.04 Å². The SMILES string of the molecule is CC(NC(=O)C[C@@H]1CCC[C@H]1N)c1nc(-c2ccc(Br)cc2)no1. The highest BCUT2D eigenvalue weighted by Crippen LogP contribution is 2.27. The Labute approximate surface area is 149 Å². The Balaban J connectivity index is 1.60. The Kier molecular flexibility index (Phi) is 5.30. The molecule has 1 aromatic carbocycles. The maximum Gasteiger partial charge on any atom is 0.249 e. The number of hydrogen-bond donors (Lipinski definition) is 2.